The van der Waals surface area contributed by atoms with E-state index in [1.165, 1.54) is 0 Å². The third-order valence-corrected chi connectivity index (χ3v) is 2.30. The third kappa shape index (κ3) is 1.35. The second-order valence-electron chi connectivity index (χ2n) is 3.03. The minimum atomic E-state index is 0.0104. The first-order valence-electron chi connectivity index (χ1n) is 3.97. The van der Waals surface area contributed by atoms with Crippen LogP contribution in [0.3, 0.4) is 0 Å². The summed E-state index contributed by atoms with van der Waals surface area (Å²) >= 11 is 5.79. The standard InChI is InChI=1S/C9H9ClN2O/c1-12-5-11-8-3-2-6(10)4-7(8)9(12)13/h2-4,11H,5H2,1H3. The topological polar surface area (TPSA) is 32.3 Å². The van der Waals surface area contributed by atoms with Crippen LogP contribution in [0.25, 0.3) is 0 Å². The van der Waals surface area contributed by atoms with Gasteiger partial charge in [0.15, 0.2) is 0 Å². The van der Waals surface area contributed by atoms with Crippen LogP contribution < -0.4 is 5.32 Å². The van der Waals surface area contributed by atoms with Crippen LogP contribution in [-0.2, 0) is 0 Å². The molecule has 0 spiro atoms. The van der Waals surface area contributed by atoms with Gasteiger partial charge in [0.2, 0.25) is 0 Å². The number of carbonyl (C=O) groups excluding carboxylic acids is 1. The molecule has 1 aliphatic heterocycles. The number of halogens is 1. The van der Waals surface area contributed by atoms with Crippen LogP contribution >= 0.6 is 11.6 Å². The summed E-state index contributed by atoms with van der Waals surface area (Å²) in [5, 5.41) is 3.70. The minimum Gasteiger partial charge on any atom is -0.367 e. The summed E-state index contributed by atoms with van der Waals surface area (Å²) in [5.41, 5.74) is 1.49. The molecule has 4 heteroatoms. The fraction of sp³-hybridized carbons (Fsp3) is 0.222. The van der Waals surface area contributed by atoms with Crippen LogP contribution in [0.4, 0.5) is 5.69 Å². The van der Waals surface area contributed by atoms with Crippen molar-refractivity contribution >= 4 is 23.2 Å². The largest absolute Gasteiger partial charge is 0.367 e. The Labute approximate surface area is 81.3 Å². The van der Waals surface area contributed by atoms with E-state index < -0.39 is 0 Å². The molecule has 0 bridgehead atoms. The molecule has 0 unspecified atom stereocenters. The van der Waals surface area contributed by atoms with Crippen molar-refractivity contribution in [1.82, 2.24) is 4.90 Å². The van der Waals surface area contributed by atoms with Crippen molar-refractivity contribution in [2.24, 2.45) is 0 Å². The van der Waals surface area contributed by atoms with Gasteiger partial charge >= 0.3 is 0 Å². The molecular formula is C9H9ClN2O. The van der Waals surface area contributed by atoms with Crippen LogP contribution in [0.2, 0.25) is 5.02 Å². The Bertz CT molecular complexity index is 365. The smallest absolute Gasteiger partial charge is 0.257 e. The normalized spacial score (nSPS) is 15.2. The molecule has 1 amide bonds. The molecule has 1 aromatic carbocycles. The number of hydrogen-bond acceptors (Lipinski definition) is 2. The van der Waals surface area contributed by atoms with Crippen molar-refractivity contribution in [3.63, 3.8) is 0 Å². The second-order valence-corrected chi connectivity index (χ2v) is 3.46. The number of carbonyl (C=O) groups is 1. The van der Waals surface area contributed by atoms with Crippen LogP contribution in [0, 0.1) is 0 Å². The molecular weight excluding hydrogens is 188 g/mol. The Balaban J connectivity index is 2.51. The van der Waals surface area contributed by atoms with Gasteiger partial charge in [0.25, 0.3) is 5.91 Å². The van der Waals surface area contributed by atoms with Gasteiger partial charge in [-0.15, -0.1) is 0 Å². The third-order valence-electron chi connectivity index (χ3n) is 2.07. The highest BCUT2D eigenvalue weighted by molar-refractivity contribution is 6.31. The highest BCUT2D eigenvalue weighted by atomic mass is 35.5. The number of anilines is 1. The summed E-state index contributed by atoms with van der Waals surface area (Å²) in [6.45, 7) is 0.549. The van der Waals surface area contributed by atoms with E-state index in [0.717, 1.165) is 5.69 Å². The molecule has 0 aliphatic carbocycles. The van der Waals surface area contributed by atoms with Crippen molar-refractivity contribution in [3.8, 4) is 0 Å². The predicted octanol–water partition coefficient (Wildman–Crippen LogP) is 1.79. The minimum absolute atomic E-state index is 0.0104. The maximum atomic E-state index is 11.6. The number of amides is 1. The Morgan fingerprint density at radius 1 is 1.54 bits per heavy atom. The van der Waals surface area contributed by atoms with Crippen molar-refractivity contribution in [2.75, 3.05) is 19.0 Å². The Kier molecular flexibility index (Phi) is 1.88. The average Bonchev–Trinajstić information content (AvgIpc) is 2.12. The first kappa shape index (κ1) is 8.38. The number of nitrogens with one attached hydrogen (secondary N) is 1. The molecule has 1 N–H and O–H groups in total. The first-order chi connectivity index (χ1) is 6.18. The quantitative estimate of drug-likeness (QED) is 0.686. The fourth-order valence-corrected chi connectivity index (χ4v) is 1.50. The molecule has 3 nitrogen and oxygen atoms in total. The summed E-state index contributed by atoms with van der Waals surface area (Å²) in [5.74, 6) is 0.0104. The second kappa shape index (κ2) is 2.92. The molecule has 0 atom stereocenters. The van der Waals surface area contributed by atoms with E-state index in [-0.39, 0.29) is 5.91 Å². The highest BCUT2D eigenvalue weighted by Gasteiger charge is 2.20. The molecule has 13 heavy (non-hydrogen) atoms. The van der Waals surface area contributed by atoms with Crippen LogP contribution in [0.1, 0.15) is 10.4 Å². The van der Waals surface area contributed by atoms with Gasteiger partial charge in [0, 0.05) is 17.8 Å². The van der Waals surface area contributed by atoms with Crippen molar-refractivity contribution in [2.45, 2.75) is 0 Å². The van der Waals surface area contributed by atoms with Crippen molar-refractivity contribution in [3.05, 3.63) is 28.8 Å². The molecule has 0 radical (unpaired) electrons. The van der Waals surface area contributed by atoms with Gasteiger partial charge in [0.1, 0.15) is 0 Å². The van der Waals surface area contributed by atoms with E-state index in [0.29, 0.717) is 17.3 Å². The zero-order chi connectivity index (χ0) is 9.42. The van der Waals surface area contributed by atoms with Crippen LogP contribution in [0.5, 0.6) is 0 Å². The van der Waals surface area contributed by atoms with E-state index in [9.17, 15) is 4.79 Å². The summed E-state index contributed by atoms with van der Waals surface area (Å²) in [6, 6.07) is 5.27. The van der Waals surface area contributed by atoms with Crippen LogP contribution in [0.15, 0.2) is 18.2 Å². The number of nitrogens with zero attached hydrogens (tertiary/aromatic N) is 1. The fourth-order valence-electron chi connectivity index (χ4n) is 1.33. The molecule has 2 rings (SSSR count). The van der Waals surface area contributed by atoms with Crippen LogP contribution in [-0.4, -0.2) is 24.5 Å². The molecule has 0 saturated heterocycles. The number of rotatable bonds is 0. The Morgan fingerprint density at radius 2 is 2.31 bits per heavy atom. The summed E-state index contributed by atoms with van der Waals surface area (Å²) in [6.07, 6.45) is 0. The van der Waals surface area contributed by atoms with Gasteiger partial charge in [-0.25, -0.2) is 0 Å². The lowest BCUT2D eigenvalue weighted by Crippen LogP contribution is -2.36. The maximum Gasteiger partial charge on any atom is 0.257 e. The van der Waals surface area contributed by atoms with E-state index in [1.807, 2.05) is 6.07 Å². The lowest BCUT2D eigenvalue weighted by Gasteiger charge is -2.26. The number of benzene rings is 1. The van der Waals surface area contributed by atoms with E-state index >= 15 is 0 Å². The van der Waals surface area contributed by atoms with Gasteiger partial charge in [-0.1, -0.05) is 11.6 Å². The molecule has 0 saturated carbocycles. The van der Waals surface area contributed by atoms with Gasteiger partial charge in [-0.2, -0.15) is 0 Å². The molecule has 68 valence electrons. The number of fused-ring (bicyclic) bond motifs is 1. The summed E-state index contributed by atoms with van der Waals surface area (Å²) in [4.78, 5) is 13.2. The van der Waals surface area contributed by atoms with Crippen molar-refractivity contribution < 1.29 is 4.79 Å². The van der Waals surface area contributed by atoms with Gasteiger partial charge in [-0.05, 0) is 18.2 Å². The van der Waals surface area contributed by atoms with Crippen molar-refractivity contribution in [1.29, 1.82) is 0 Å². The molecule has 0 aromatic heterocycles. The Morgan fingerprint density at radius 3 is 3.08 bits per heavy atom. The van der Waals surface area contributed by atoms with Gasteiger partial charge in [-0.3, -0.25) is 4.79 Å². The average molecular weight is 197 g/mol. The Hall–Kier alpha value is -1.22. The lowest BCUT2D eigenvalue weighted by atomic mass is 10.1. The zero-order valence-corrected chi connectivity index (χ0v) is 7.93. The molecule has 1 aromatic rings. The van der Waals surface area contributed by atoms with Gasteiger partial charge < -0.3 is 10.2 Å². The van der Waals surface area contributed by atoms with Gasteiger partial charge in [0.05, 0.1) is 12.2 Å². The number of hydrogen-bond donors (Lipinski definition) is 1. The highest BCUT2D eigenvalue weighted by Crippen LogP contribution is 2.24. The first-order valence-corrected chi connectivity index (χ1v) is 4.35. The summed E-state index contributed by atoms with van der Waals surface area (Å²) < 4.78 is 0. The monoisotopic (exact) mass is 196 g/mol. The molecule has 1 aliphatic rings. The maximum absolute atomic E-state index is 11.6. The zero-order valence-electron chi connectivity index (χ0n) is 7.17. The molecule has 0 fully saturated rings. The van der Waals surface area contributed by atoms with E-state index in [4.69, 9.17) is 11.6 Å². The lowest BCUT2D eigenvalue weighted by molar-refractivity contribution is 0.0797. The summed E-state index contributed by atoms with van der Waals surface area (Å²) in [7, 11) is 1.75. The predicted molar refractivity (Wildman–Crippen MR) is 52.0 cm³/mol. The van der Waals surface area contributed by atoms with E-state index in [2.05, 4.69) is 5.32 Å². The SMILES string of the molecule is CN1CNc2ccc(Cl)cc2C1=O. The molecule has 1 heterocycles. The van der Waals surface area contributed by atoms with E-state index in [1.54, 1.807) is 24.1 Å².